The third-order valence-corrected chi connectivity index (χ3v) is 2.62. The highest BCUT2D eigenvalue weighted by Crippen LogP contribution is 2.27. The maximum atomic E-state index is 11.8. The van der Waals surface area contributed by atoms with E-state index in [0.29, 0.717) is 12.0 Å². The molecule has 3 nitrogen and oxygen atoms in total. The lowest BCUT2D eigenvalue weighted by atomic mass is 10.2. The minimum absolute atomic E-state index is 0.139. The highest BCUT2D eigenvalue weighted by molar-refractivity contribution is 5.74. The first-order valence-electron chi connectivity index (χ1n) is 6.19. The van der Waals surface area contributed by atoms with Gasteiger partial charge in [0.25, 0.3) is 0 Å². The fourth-order valence-corrected chi connectivity index (χ4v) is 1.65. The number of carbonyl (C=O) groups is 1. The number of unbranched alkanes of at least 4 members (excludes halogenated alkanes) is 1. The summed E-state index contributed by atoms with van der Waals surface area (Å²) in [6, 6.07) is 0.661. The monoisotopic (exact) mass is 212 g/mol. The zero-order chi connectivity index (χ0) is 11.3. The molecule has 2 amide bonds. The van der Waals surface area contributed by atoms with Crippen molar-refractivity contribution in [1.29, 1.82) is 0 Å². The predicted octanol–water partition coefficient (Wildman–Crippen LogP) is 2.62. The SMILES string of the molecule is CCCCNC(=O)N(CC(C)C)C1CC1. The van der Waals surface area contributed by atoms with Gasteiger partial charge in [-0.25, -0.2) is 4.79 Å². The Labute approximate surface area is 93.2 Å². The van der Waals surface area contributed by atoms with Gasteiger partial charge in [0.05, 0.1) is 0 Å². The van der Waals surface area contributed by atoms with Crippen molar-refractivity contribution in [1.82, 2.24) is 10.2 Å². The molecule has 0 atom stereocenters. The molecule has 1 fully saturated rings. The summed E-state index contributed by atoms with van der Waals surface area (Å²) in [6.45, 7) is 8.17. The smallest absolute Gasteiger partial charge is 0.317 e. The molecular weight excluding hydrogens is 188 g/mol. The van der Waals surface area contributed by atoms with Gasteiger partial charge in [-0.2, -0.15) is 0 Å². The summed E-state index contributed by atoms with van der Waals surface area (Å²) in [5, 5.41) is 3.00. The number of amides is 2. The summed E-state index contributed by atoms with van der Waals surface area (Å²) in [6.07, 6.45) is 4.58. The van der Waals surface area contributed by atoms with Crippen LogP contribution in [-0.4, -0.2) is 30.1 Å². The van der Waals surface area contributed by atoms with Gasteiger partial charge < -0.3 is 10.2 Å². The molecule has 15 heavy (non-hydrogen) atoms. The van der Waals surface area contributed by atoms with Crippen LogP contribution in [0.3, 0.4) is 0 Å². The Morgan fingerprint density at radius 1 is 1.47 bits per heavy atom. The normalized spacial score (nSPS) is 15.5. The molecule has 0 heterocycles. The van der Waals surface area contributed by atoms with Crippen LogP contribution in [0.1, 0.15) is 46.5 Å². The van der Waals surface area contributed by atoms with E-state index in [1.807, 2.05) is 4.90 Å². The van der Waals surface area contributed by atoms with E-state index in [1.165, 1.54) is 12.8 Å². The van der Waals surface area contributed by atoms with Gasteiger partial charge in [0, 0.05) is 19.1 Å². The van der Waals surface area contributed by atoms with E-state index in [0.717, 1.165) is 25.9 Å². The fraction of sp³-hybridized carbons (Fsp3) is 0.917. The number of hydrogen-bond donors (Lipinski definition) is 1. The molecule has 0 unspecified atom stereocenters. The van der Waals surface area contributed by atoms with Gasteiger partial charge in [0.2, 0.25) is 0 Å². The Kier molecular flexibility index (Phi) is 4.92. The predicted molar refractivity (Wildman–Crippen MR) is 62.9 cm³/mol. The maximum absolute atomic E-state index is 11.8. The summed E-state index contributed by atoms with van der Waals surface area (Å²) < 4.78 is 0. The zero-order valence-electron chi connectivity index (χ0n) is 10.3. The molecule has 1 aliphatic carbocycles. The molecule has 0 aromatic rings. The third-order valence-electron chi connectivity index (χ3n) is 2.62. The Bertz CT molecular complexity index is 200. The van der Waals surface area contributed by atoms with Crippen LogP contribution in [-0.2, 0) is 0 Å². The van der Waals surface area contributed by atoms with Crippen LogP contribution < -0.4 is 5.32 Å². The molecule has 0 radical (unpaired) electrons. The average molecular weight is 212 g/mol. The largest absolute Gasteiger partial charge is 0.338 e. The Balaban J connectivity index is 2.30. The van der Waals surface area contributed by atoms with Crippen molar-refractivity contribution >= 4 is 6.03 Å². The van der Waals surface area contributed by atoms with Crippen molar-refractivity contribution in [2.24, 2.45) is 5.92 Å². The molecule has 0 bridgehead atoms. The van der Waals surface area contributed by atoms with E-state index in [1.54, 1.807) is 0 Å². The van der Waals surface area contributed by atoms with Crippen molar-refractivity contribution in [3.8, 4) is 0 Å². The van der Waals surface area contributed by atoms with E-state index in [4.69, 9.17) is 0 Å². The van der Waals surface area contributed by atoms with Crippen LogP contribution >= 0.6 is 0 Å². The second kappa shape index (κ2) is 5.99. The minimum Gasteiger partial charge on any atom is -0.338 e. The fourth-order valence-electron chi connectivity index (χ4n) is 1.65. The lowest BCUT2D eigenvalue weighted by molar-refractivity contribution is 0.187. The number of nitrogens with zero attached hydrogens (tertiary/aromatic N) is 1. The maximum Gasteiger partial charge on any atom is 0.317 e. The number of carbonyl (C=O) groups excluding carboxylic acids is 1. The lowest BCUT2D eigenvalue weighted by Crippen LogP contribution is -2.43. The molecule has 1 aliphatic rings. The molecule has 0 aromatic heterocycles. The molecule has 1 rings (SSSR count). The summed E-state index contributed by atoms with van der Waals surface area (Å²) in [5.74, 6) is 0.558. The molecule has 0 spiro atoms. The zero-order valence-corrected chi connectivity index (χ0v) is 10.3. The van der Waals surface area contributed by atoms with Gasteiger partial charge in [-0.3, -0.25) is 0 Å². The van der Waals surface area contributed by atoms with Crippen LogP contribution in [0.15, 0.2) is 0 Å². The van der Waals surface area contributed by atoms with E-state index >= 15 is 0 Å². The van der Waals surface area contributed by atoms with Gasteiger partial charge in [-0.1, -0.05) is 27.2 Å². The first-order valence-corrected chi connectivity index (χ1v) is 6.19. The number of hydrogen-bond acceptors (Lipinski definition) is 1. The minimum atomic E-state index is 0.139. The number of urea groups is 1. The molecule has 1 N–H and O–H groups in total. The molecule has 0 aromatic carbocycles. The van der Waals surface area contributed by atoms with Gasteiger partial charge in [0.15, 0.2) is 0 Å². The highest BCUT2D eigenvalue weighted by Gasteiger charge is 2.32. The van der Waals surface area contributed by atoms with E-state index in [9.17, 15) is 4.79 Å². The molecular formula is C12H24N2O. The van der Waals surface area contributed by atoms with Crippen molar-refractivity contribution in [2.45, 2.75) is 52.5 Å². The topological polar surface area (TPSA) is 32.3 Å². The molecule has 88 valence electrons. The third kappa shape index (κ3) is 4.54. The van der Waals surface area contributed by atoms with Crippen LogP contribution in [0.5, 0.6) is 0 Å². The summed E-state index contributed by atoms with van der Waals surface area (Å²) in [5.41, 5.74) is 0. The van der Waals surface area contributed by atoms with Crippen LogP contribution in [0, 0.1) is 5.92 Å². The molecule has 1 saturated carbocycles. The van der Waals surface area contributed by atoms with Crippen LogP contribution in [0.2, 0.25) is 0 Å². The van der Waals surface area contributed by atoms with E-state index < -0.39 is 0 Å². The van der Waals surface area contributed by atoms with Crippen LogP contribution in [0.4, 0.5) is 4.79 Å². The summed E-state index contributed by atoms with van der Waals surface area (Å²) in [7, 11) is 0. The summed E-state index contributed by atoms with van der Waals surface area (Å²) >= 11 is 0. The first kappa shape index (κ1) is 12.3. The lowest BCUT2D eigenvalue weighted by Gasteiger charge is -2.24. The van der Waals surface area contributed by atoms with Gasteiger partial charge >= 0.3 is 6.03 Å². The highest BCUT2D eigenvalue weighted by atomic mass is 16.2. The van der Waals surface area contributed by atoms with E-state index in [-0.39, 0.29) is 6.03 Å². The van der Waals surface area contributed by atoms with Gasteiger partial charge in [-0.15, -0.1) is 0 Å². The molecule has 0 saturated heterocycles. The first-order chi connectivity index (χ1) is 7.15. The number of rotatable bonds is 6. The standard InChI is InChI=1S/C12H24N2O/c1-4-5-8-13-12(15)14(9-10(2)3)11-6-7-11/h10-11H,4-9H2,1-3H3,(H,13,15). The second-order valence-corrected chi connectivity index (χ2v) is 4.86. The Morgan fingerprint density at radius 3 is 2.60 bits per heavy atom. The van der Waals surface area contributed by atoms with Gasteiger partial charge in [-0.05, 0) is 25.2 Å². The average Bonchev–Trinajstić information content (AvgIpc) is 2.97. The van der Waals surface area contributed by atoms with Crippen molar-refractivity contribution < 1.29 is 4.79 Å². The summed E-state index contributed by atoms with van der Waals surface area (Å²) in [4.78, 5) is 13.9. The molecule has 0 aliphatic heterocycles. The van der Waals surface area contributed by atoms with Crippen molar-refractivity contribution in [3.63, 3.8) is 0 Å². The quantitative estimate of drug-likeness (QED) is 0.674. The molecule has 3 heteroatoms. The van der Waals surface area contributed by atoms with E-state index in [2.05, 4.69) is 26.1 Å². The Hall–Kier alpha value is -0.730. The Morgan fingerprint density at radius 2 is 2.13 bits per heavy atom. The van der Waals surface area contributed by atoms with Gasteiger partial charge in [0.1, 0.15) is 0 Å². The van der Waals surface area contributed by atoms with Crippen LogP contribution in [0.25, 0.3) is 0 Å². The second-order valence-electron chi connectivity index (χ2n) is 4.86. The number of nitrogens with one attached hydrogen (secondary N) is 1. The van der Waals surface area contributed by atoms with Crippen molar-refractivity contribution in [3.05, 3.63) is 0 Å². The van der Waals surface area contributed by atoms with Crippen molar-refractivity contribution in [2.75, 3.05) is 13.1 Å².